The Morgan fingerprint density at radius 3 is 1.36 bits per heavy atom. The molecule has 12 aromatic rings. The van der Waals surface area contributed by atoms with Gasteiger partial charge in [0.1, 0.15) is 22.5 Å². The van der Waals surface area contributed by atoms with Gasteiger partial charge in [0.2, 0.25) is 23.8 Å². The third kappa shape index (κ3) is 20.6. The topological polar surface area (TPSA) is 376 Å². The van der Waals surface area contributed by atoms with Crippen LogP contribution in [-0.2, 0) is 32.0 Å². The largest absolute Gasteiger partial charge is 0.450 e. The van der Waals surface area contributed by atoms with Crippen molar-refractivity contribution in [1.29, 1.82) is 0 Å². The zero-order valence-electron chi connectivity index (χ0n) is 66.6. The van der Waals surface area contributed by atoms with Crippen LogP contribution in [-0.4, -0.2) is 244 Å². The second-order valence-corrected chi connectivity index (χ2v) is 29.4. The zero-order valence-corrected chi connectivity index (χ0v) is 66.6. The van der Waals surface area contributed by atoms with Crippen LogP contribution in [0.4, 0.5) is 43.0 Å². The lowest BCUT2D eigenvalue weighted by molar-refractivity contribution is 0.000403. The normalized spacial score (nSPS) is 15.1. The average Bonchev–Trinajstić information content (AvgIpc) is 1.68. The number of aromatic nitrogens is 16. The number of hydrogen-bond acceptors (Lipinski definition) is 26. The maximum atomic E-state index is 12.6. The maximum absolute atomic E-state index is 12.6. The van der Waals surface area contributed by atoms with E-state index in [1.54, 1.807) is 68.8 Å². The van der Waals surface area contributed by atoms with Crippen molar-refractivity contribution in [3.63, 3.8) is 0 Å². The van der Waals surface area contributed by atoms with Gasteiger partial charge in [-0.15, -0.1) is 0 Å². The van der Waals surface area contributed by atoms with Gasteiger partial charge in [-0.05, 0) is 160 Å². The first-order valence-corrected chi connectivity index (χ1v) is 38.8. The van der Waals surface area contributed by atoms with Crippen molar-refractivity contribution < 1.29 is 38.1 Å². The molecule has 0 radical (unpaired) electrons. The lowest BCUT2D eigenvalue weighted by atomic mass is 10.0. The molecular weight excluding hydrogens is 1460 g/mol. The fourth-order valence-electron chi connectivity index (χ4n) is 13.7. The van der Waals surface area contributed by atoms with Crippen molar-refractivity contribution in [2.75, 3.05) is 113 Å². The van der Waals surface area contributed by atoms with Gasteiger partial charge in [0.15, 0.2) is 11.6 Å². The molecule has 3 aliphatic rings. The summed E-state index contributed by atoms with van der Waals surface area (Å²) in [5, 5.41) is 7.89. The third-order valence-electron chi connectivity index (χ3n) is 19.5. The summed E-state index contributed by atoms with van der Waals surface area (Å²) < 4.78 is 20.5. The molecule has 1 unspecified atom stereocenters. The molecule has 0 spiro atoms. The lowest BCUT2D eigenvalue weighted by Crippen LogP contribution is -2.54. The third-order valence-corrected chi connectivity index (χ3v) is 19.5. The fraction of sp³-hybridized carbons (Fsp3) is 0.378. The number of nitrogens with one attached hydrogen (secondary N) is 6. The summed E-state index contributed by atoms with van der Waals surface area (Å²) in [6.07, 6.45) is 15.7. The molecule has 115 heavy (non-hydrogen) atoms. The van der Waals surface area contributed by atoms with Gasteiger partial charge in [-0.3, -0.25) is 45.5 Å². The van der Waals surface area contributed by atoms with E-state index in [2.05, 4.69) is 143 Å². The van der Waals surface area contributed by atoms with Crippen LogP contribution in [0.5, 0.6) is 0 Å². The van der Waals surface area contributed by atoms with E-state index in [-0.39, 0.29) is 43.9 Å². The number of anilines is 4. The first-order valence-electron chi connectivity index (χ1n) is 38.8. The SMILES string of the molecule is CCOC(=O)Nc1nc2c(-c3ccccn3)cc(-c3cnc(CN4CCN(C(C)C)CC4)nc3)cc2[nH]1.CCOC(=O)Nc1nc2c(-c3ncccn3)cc(-c3ccc(CN4CCN(C(=O)OC(C)(C)C)C(C)C4)nc3)cc2[nH]1.CCOC(=O)Nc1nc2c(-c3ncccn3)cc(-c3cnc(N4CCN(C(C)C)CC4)nc3)cc2[nH]1. The summed E-state index contributed by atoms with van der Waals surface area (Å²) in [5.41, 5.74) is 13.0. The lowest BCUT2D eigenvalue weighted by Gasteiger charge is -2.40. The van der Waals surface area contributed by atoms with Crippen LogP contribution in [0.15, 0.2) is 141 Å². The van der Waals surface area contributed by atoms with Gasteiger partial charge in [0.25, 0.3) is 0 Å². The summed E-state index contributed by atoms with van der Waals surface area (Å²) in [5.74, 6) is 3.46. The number of hydrogen-bond donors (Lipinski definition) is 6. The number of fused-ring (bicyclic) bond motifs is 3. The predicted octanol–water partition coefficient (Wildman–Crippen LogP) is 12.8. The highest BCUT2D eigenvalue weighted by molar-refractivity contribution is 6.00. The van der Waals surface area contributed by atoms with Gasteiger partial charge >= 0.3 is 24.4 Å². The van der Waals surface area contributed by atoms with Crippen LogP contribution >= 0.6 is 0 Å². The van der Waals surface area contributed by atoms with Crippen LogP contribution in [0.3, 0.4) is 0 Å². The number of H-pyrrole nitrogens is 3. The molecule has 4 amide bonds. The second-order valence-electron chi connectivity index (χ2n) is 29.4. The van der Waals surface area contributed by atoms with Crippen LogP contribution in [0, 0.1) is 0 Å². The molecule has 33 heteroatoms. The number of piperazine rings is 3. The van der Waals surface area contributed by atoms with Gasteiger partial charge in [-0.1, -0.05) is 12.1 Å². The standard InChI is InChI=1S/C30H36N8O4.C27H32N8O2.C25H29N9O2/c1-6-41-28(39)36-27-34-24-15-21(14-23(25(24)35-27)26-31-10-7-11-32-26)20-8-9-22(33-16-20)18-37-12-13-38(19(2)17-37)29(40)42-30(3,4)5;1-4-37-27(36)33-26-31-23-14-19(13-21(25(23)32-26)22-7-5-6-8-28-22)20-15-29-24(30-16-20)17-34-9-11-35(12-10-34)18(2)3;1-4-36-25(35)32-23-30-20-13-17(12-19(21(20)31-23)22-26-6-5-7-27-22)18-14-28-24(29-15-18)34-10-8-33(9-11-34)16(2)3/h7-11,14-16,19H,6,12-13,17-18H2,1-5H3,(H2,34,35,36,39);5-8,13-16,18H,4,9-12,17H2,1-3H3,(H2,31,32,33,36);5-7,12-16H,4,8-11H2,1-3H3,(H2,30,31,32,35). The number of carbonyl (C=O) groups is 4. The smallest absolute Gasteiger partial charge is 0.413 e. The summed E-state index contributed by atoms with van der Waals surface area (Å²) >= 11 is 0. The number of rotatable bonds is 19. The number of ether oxygens (including phenoxy) is 4. The molecule has 3 saturated heterocycles. The molecule has 6 N–H and O–H groups in total. The highest BCUT2D eigenvalue weighted by atomic mass is 16.6. The molecule has 33 nitrogen and oxygen atoms in total. The number of carbonyl (C=O) groups excluding carboxylic acids is 4. The Balaban J connectivity index is 0.000000151. The molecule has 9 aromatic heterocycles. The van der Waals surface area contributed by atoms with Gasteiger partial charge in [-0.25, -0.2) is 74.0 Å². The highest BCUT2D eigenvalue weighted by Crippen LogP contribution is 2.37. The molecule has 0 aliphatic carbocycles. The molecule has 598 valence electrons. The monoisotopic (exact) mass is 1560 g/mol. The van der Waals surface area contributed by atoms with E-state index in [4.69, 9.17) is 23.9 Å². The summed E-state index contributed by atoms with van der Waals surface area (Å²) in [7, 11) is 0. The van der Waals surface area contributed by atoms with Gasteiger partial charge in [0, 0.05) is 192 Å². The van der Waals surface area contributed by atoms with Gasteiger partial charge in [-0.2, -0.15) is 0 Å². The Morgan fingerprint density at radius 1 is 0.470 bits per heavy atom. The van der Waals surface area contributed by atoms with Crippen LogP contribution in [0.2, 0.25) is 0 Å². The van der Waals surface area contributed by atoms with E-state index in [0.717, 1.165) is 156 Å². The molecule has 3 fully saturated rings. The van der Waals surface area contributed by atoms with E-state index in [0.29, 0.717) is 64.8 Å². The maximum Gasteiger partial charge on any atom is 0.413 e. The minimum atomic E-state index is -0.588. The zero-order chi connectivity index (χ0) is 80.7. The number of amides is 4. The number of imidazole rings is 3. The first kappa shape index (κ1) is 80.5. The molecule has 3 aromatic carbocycles. The van der Waals surface area contributed by atoms with Crippen molar-refractivity contribution in [2.45, 2.75) is 113 Å². The highest BCUT2D eigenvalue weighted by Gasteiger charge is 2.32. The second kappa shape index (κ2) is 36.9. The van der Waals surface area contributed by atoms with Crippen molar-refractivity contribution >= 4 is 81.3 Å². The molecule has 0 bridgehead atoms. The van der Waals surface area contributed by atoms with Crippen LogP contribution < -0.4 is 20.9 Å². The van der Waals surface area contributed by atoms with Gasteiger partial charge < -0.3 is 43.7 Å². The van der Waals surface area contributed by atoms with Crippen LogP contribution in [0.25, 0.3) is 101 Å². The van der Waals surface area contributed by atoms with E-state index in [9.17, 15) is 19.2 Å². The summed E-state index contributed by atoms with van der Waals surface area (Å²) in [6, 6.07) is 26.3. The minimum Gasteiger partial charge on any atom is -0.450 e. The van der Waals surface area contributed by atoms with E-state index in [1.807, 2.05) is 125 Å². The number of pyridine rings is 2. The Bertz CT molecular complexity index is 5260. The van der Waals surface area contributed by atoms with E-state index in [1.165, 1.54) is 0 Å². The van der Waals surface area contributed by atoms with E-state index >= 15 is 0 Å². The fourth-order valence-corrected chi connectivity index (χ4v) is 13.7. The first-order chi connectivity index (χ1) is 55.6. The molecule has 1 atom stereocenters. The Morgan fingerprint density at radius 2 is 0.913 bits per heavy atom. The number of nitrogens with zero attached hydrogens (tertiary/aromatic N) is 19. The average molecular weight is 1560 g/mol. The predicted molar refractivity (Wildman–Crippen MR) is 439 cm³/mol. The quantitative estimate of drug-likeness (QED) is 0.0409. The molecule has 3 aliphatic heterocycles. The molecule has 15 rings (SSSR count). The molecule has 0 saturated carbocycles. The Kier molecular flexibility index (Phi) is 25.8. The minimum absolute atomic E-state index is 0.0378. The van der Waals surface area contributed by atoms with E-state index < -0.39 is 23.9 Å². The Labute approximate surface area is 665 Å². The summed E-state index contributed by atoms with van der Waals surface area (Å²) in [6.45, 7) is 34.2. The Hall–Kier alpha value is -12.6. The van der Waals surface area contributed by atoms with Crippen molar-refractivity contribution in [3.05, 3.63) is 152 Å². The van der Waals surface area contributed by atoms with Crippen LogP contribution in [0.1, 0.15) is 87.7 Å². The number of benzene rings is 3. The van der Waals surface area contributed by atoms with Crippen molar-refractivity contribution in [1.82, 2.24) is 104 Å². The van der Waals surface area contributed by atoms with Crippen molar-refractivity contribution in [2.24, 2.45) is 0 Å². The molecular formula is C82H97N25O8. The summed E-state index contributed by atoms with van der Waals surface area (Å²) in [4.78, 5) is 131. The number of aromatic amines is 3. The van der Waals surface area contributed by atoms with Crippen molar-refractivity contribution in [3.8, 4) is 67.4 Å². The van der Waals surface area contributed by atoms with Gasteiger partial charge in [0.05, 0.1) is 59.8 Å². The molecule has 12 heterocycles.